The minimum Gasteiger partial charge on any atom is -0.302 e. The van der Waals surface area contributed by atoms with E-state index in [4.69, 9.17) is 28.5 Å². The average Bonchev–Trinajstić information content (AvgIpc) is 2.78. The minimum atomic E-state index is 0.338. The van der Waals surface area contributed by atoms with Gasteiger partial charge in [0.15, 0.2) is 11.0 Å². The molecule has 0 saturated carbocycles. The van der Waals surface area contributed by atoms with Crippen LogP contribution in [0.3, 0.4) is 0 Å². The summed E-state index contributed by atoms with van der Waals surface area (Å²) in [5.41, 5.74) is 0.790. The van der Waals surface area contributed by atoms with Gasteiger partial charge in [0, 0.05) is 17.1 Å². The molecular formula is C14H14Cl2N4S. The lowest BCUT2D eigenvalue weighted by Crippen LogP contribution is -2.08. The molecule has 2 aromatic rings. The number of hydrogen-bond donors (Lipinski definition) is 0. The maximum atomic E-state index is 8.73. The van der Waals surface area contributed by atoms with Crippen molar-refractivity contribution in [2.45, 2.75) is 25.5 Å². The normalized spacial score (nSPS) is 10.9. The Balaban J connectivity index is 2.47. The molecule has 2 rings (SSSR count). The summed E-state index contributed by atoms with van der Waals surface area (Å²) in [6, 6.07) is 7.41. The van der Waals surface area contributed by atoms with Crippen molar-refractivity contribution in [2.75, 3.05) is 5.75 Å². The van der Waals surface area contributed by atoms with Crippen molar-refractivity contribution in [3.8, 4) is 17.5 Å². The molecule has 0 bridgehead atoms. The van der Waals surface area contributed by atoms with Crippen molar-refractivity contribution in [1.82, 2.24) is 14.8 Å². The molecule has 0 fully saturated rings. The lowest BCUT2D eigenvalue weighted by Gasteiger charge is -2.12. The fourth-order valence-corrected chi connectivity index (χ4v) is 2.99. The second-order valence-corrected chi connectivity index (χ2v) is 6.67. The van der Waals surface area contributed by atoms with Crippen LogP contribution in [0.5, 0.6) is 0 Å². The van der Waals surface area contributed by atoms with Crippen molar-refractivity contribution in [3.63, 3.8) is 0 Å². The Morgan fingerprint density at radius 1 is 1.33 bits per heavy atom. The molecule has 1 aromatic heterocycles. The number of rotatable bonds is 5. The van der Waals surface area contributed by atoms with Crippen LogP contribution < -0.4 is 0 Å². The van der Waals surface area contributed by atoms with Gasteiger partial charge in [-0.25, -0.2) is 0 Å². The predicted molar refractivity (Wildman–Crippen MR) is 86.7 cm³/mol. The molecule has 0 radical (unpaired) electrons. The van der Waals surface area contributed by atoms with E-state index in [9.17, 15) is 0 Å². The maximum Gasteiger partial charge on any atom is 0.192 e. The minimum absolute atomic E-state index is 0.338. The lowest BCUT2D eigenvalue weighted by molar-refractivity contribution is 0.498. The van der Waals surface area contributed by atoms with Gasteiger partial charge in [0.05, 0.1) is 16.8 Å². The van der Waals surface area contributed by atoms with E-state index >= 15 is 0 Å². The summed E-state index contributed by atoms with van der Waals surface area (Å²) in [6.45, 7) is 4.99. The van der Waals surface area contributed by atoms with E-state index < -0.39 is 0 Å². The second-order valence-electron chi connectivity index (χ2n) is 4.88. The highest BCUT2D eigenvalue weighted by molar-refractivity contribution is 7.99. The number of nitrogens with zero attached hydrogens (tertiary/aromatic N) is 4. The zero-order chi connectivity index (χ0) is 15.4. The zero-order valence-electron chi connectivity index (χ0n) is 11.7. The summed E-state index contributed by atoms with van der Waals surface area (Å²) in [7, 11) is 0. The van der Waals surface area contributed by atoms with Crippen LogP contribution in [-0.4, -0.2) is 20.5 Å². The van der Waals surface area contributed by atoms with Crippen LogP contribution in [0.25, 0.3) is 11.4 Å². The highest BCUT2D eigenvalue weighted by atomic mass is 35.5. The van der Waals surface area contributed by atoms with E-state index in [2.05, 4.69) is 30.1 Å². The first-order valence-electron chi connectivity index (χ1n) is 6.41. The van der Waals surface area contributed by atoms with Gasteiger partial charge in [-0.3, -0.25) is 0 Å². The molecular weight excluding hydrogens is 327 g/mol. The number of aromatic nitrogens is 3. The first-order chi connectivity index (χ1) is 10.0. The number of hydrogen-bond acceptors (Lipinski definition) is 4. The molecule has 1 heterocycles. The molecule has 21 heavy (non-hydrogen) atoms. The van der Waals surface area contributed by atoms with Crippen LogP contribution in [0.2, 0.25) is 10.0 Å². The fraction of sp³-hybridized carbons (Fsp3) is 0.357. The number of halogens is 2. The van der Waals surface area contributed by atoms with Gasteiger partial charge in [0.25, 0.3) is 0 Å². The van der Waals surface area contributed by atoms with Gasteiger partial charge < -0.3 is 4.57 Å². The van der Waals surface area contributed by atoms with Crippen molar-refractivity contribution in [3.05, 3.63) is 28.2 Å². The molecule has 0 atom stereocenters. The molecule has 0 spiro atoms. The molecule has 0 N–H and O–H groups in total. The Kier molecular flexibility index (Phi) is 5.51. The van der Waals surface area contributed by atoms with Gasteiger partial charge in [-0.1, -0.05) is 48.8 Å². The van der Waals surface area contributed by atoms with Gasteiger partial charge in [0.2, 0.25) is 0 Å². The molecule has 4 nitrogen and oxygen atoms in total. The van der Waals surface area contributed by atoms with E-state index in [1.807, 2.05) is 10.6 Å². The van der Waals surface area contributed by atoms with E-state index in [-0.39, 0.29) is 0 Å². The quantitative estimate of drug-likeness (QED) is 0.750. The van der Waals surface area contributed by atoms with Gasteiger partial charge in [-0.05, 0) is 24.1 Å². The molecule has 0 saturated heterocycles. The third-order valence-electron chi connectivity index (χ3n) is 2.70. The SMILES string of the molecule is CC(C)Cn1c(SCC#N)nnc1-c1ccc(Cl)cc1Cl. The molecule has 0 unspecified atom stereocenters. The van der Waals surface area contributed by atoms with Gasteiger partial charge in [-0.2, -0.15) is 5.26 Å². The molecule has 0 aliphatic rings. The van der Waals surface area contributed by atoms with Crippen molar-refractivity contribution < 1.29 is 0 Å². The number of nitriles is 1. The first-order valence-corrected chi connectivity index (χ1v) is 8.15. The van der Waals surface area contributed by atoms with Crippen LogP contribution in [0, 0.1) is 17.2 Å². The fourth-order valence-electron chi connectivity index (χ4n) is 1.89. The molecule has 0 amide bonds. The Hall–Kier alpha value is -1.22. The highest BCUT2D eigenvalue weighted by Gasteiger charge is 2.17. The van der Waals surface area contributed by atoms with Crippen LogP contribution >= 0.6 is 35.0 Å². The summed E-state index contributed by atoms with van der Waals surface area (Å²) in [6.07, 6.45) is 0. The Morgan fingerprint density at radius 2 is 2.10 bits per heavy atom. The molecule has 7 heteroatoms. The van der Waals surface area contributed by atoms with Crippen molar-refractivity contribution >= 4 is 35.0 Å². The first kappa shape index (κ1) is 16.2. The topological polar surface area (TPSA) is 54.5 Å². The summed E-state index contributed by atoms with van der Waals surface area (Å²) >= 11 is 13.6. The van der Waals surface area contributed by atoms with Crippen LogP contribution in [-0.2, 0) is 6.54 Å². The average molecular weight is 341 g/mol. The standard InChI is InChI=1S/C14H14Cl2N4S/c1-9(2)8-20-13(18-19-14(20)21-6-5-17)11-4-3-10(15)7-12(11)16/h3-4,7,9H,6,8H2,1-2H3. The Morgan fingerprint density at radius 3 is 2.71 bits per heavy atom. The number of thioether (sulfide) groups is 1. The summed E-state index contributed by atoms with van der Waals surface area (Å²) in [5.74, 6) is 1.46. The maximum absolute atomic E-state index is 8.73. The van der Waals surface area contributed by atoms with Crippen LogP contribution in [0.1, 0.15) is 13.8 Å². The lowest BCUT2D eigenvalue weighted by atomic mass is 10.2. The summed E-state index contributed by atoms with van der Waals surface area (Å²) in [5, 5.41) is 19.0. The van der Waals surface area contributed by atoms with Crippen molar-refractivity contribution in [2.24, 2.45) is 5.92 Å². The molecule has 0 aliphatic heterocycles. The van der Waals surface area contributed by atoms with Crippen LogP contribution in [0.4, 0.5) is 0 Å². The summed E-state index contributed by atoms with van der Waals surface area (Å²) < 4.78 is 2.00. The smallest absolute Gasteiger partial charge is 0.192 e. The zero-order valence-corrected chi connectivity index (χ0v) is 14.0. The van der Waals surface area contributed by atoms with Gasteiger partial charge in [0.1, 0.15) is 0 Å². The van der Waals surface area contributed by atoms with E-state index in [0.717, 1.165) is 17.3 Å². The third kappa shape index (κ3) is 3.91. The Bertz CT molecular complexity index is 676. The number of benzene rings is 1. The van der Waals surface area contributed by atoms with E-state index in [0.29, 0.717) is 27.5 Å². The van der Waals surface area contributed by atoms with Crippen LogP contribution in [0.15, 0.2) is 23.4 Å². The second kappa shape index (κ2) is 7.17. The monoisotopic (exact) mass is 340 g/mol. The molecule has 0 aliphatic carbocycles. The molecule has 1 aromatic carbocycles. The summed E-state index contributed by atoms with van der Waals surface area (Å²) in [4.78, 5) is 0. The van der Waals surface area contributed by atoms with E-state index in [1.165, 1.54) is 11.8 Å². The highest BCUT2D eigenvalue weighted by Crippen LogP contribution is 2.31. The van der Waals surface area contributed by atoms with Crippen molar-refractivity contribution in [1.29, 1.82) is 5.26 Å². The predicted octanol–water partition coefficient (Wildman–Crippen LogP) is 4.52. The van der Waals surface area contributed by atoms with Gasteiger partial charge in [-0.15, -0.1) is 10.2 Å². The third-order valence-corrected chi connectivity index (χ3v) is 4.08. The Labute approximate surface area is 138 Å². The van der Waals surface area contributed by atoms with E-state index in [1.54, 1.807) is 12.1 Å². The largest absolute Gasteiger partial charge is 0.302 e. The van der Waals surface area contributed by atoms with Gasteiger partial charge >= 0.3 is 0 Å². The molecule has 110 valence electrons.